The Hall–Kier alpha value is -1.67. The molecule has 1 aromatic carbocycles. The Bertz CT molecular complexity index is 931. The number of piperidine rings is 1. The van der Waals surface area contributed by atoms with Crippen LogP contribution in [0, 0.1) is 5.92 Å². The Balaban J connectivity index is 1.53. The smallest absolute Gasteiger partial charge is 0.244 e. The van der Waals surface area contributed by atoms with Gasteiger partial charge in [0, 0.05) is 43.0 Å². The highest BCUT2D eigenvalue weighted by molar-refractivity contribution is 7.89. The Morgan fingerprint density at radius 1 is 1.21 bits per heavy atom. The van der Waals surface area contributed by atoms with Crippen molar-refractivity contribution in [1.29, 1.82) is 0 Å². The topological polar surface area (TPSA) is 79.4 Å². The van der Waals surface area contributed by atoms with E-state index in [-0.39, 0.29) is 34.8 Å². The van der Waals surface area contributed by atoms with Crippen molar-refractivity contribution in [2.24, 2.45) is 5.92 Å². The van der Waals surface area contributed by atoms with Crippen LogP contribution in [0.4, 0.5) is 0 Å². The first kappa shape index (κ1) is 21.0. The van der Waals surface area contributed by atoms with E-state index >= 15 is 0 Å². The van der Waals surface area contributed by atoms with Crippen LogP contribution < -0.4 is 5.32 Å². The lowest BCUT2D eigenvalue weighted by Crippen LogP contribution is -2.43. The summed E-state index contributed by atoms with van der Waals surface area (Å²) in [6, 6.07) is 8.20. The first-order chi connectivity index (χ1) is 13.4. The van der Waals surface area contributed by atoms with Gasteiger partial charge in [0.1, 0.15) is 4.90 Å². The monoisotopic (exact) mass is 441 g/mol. The molecule has 1 amide bonds. The highest BCUT2D eigenvalue weighted by Gasteiger charge is 2.33. The zero-order valence-electron chi connectivity index (χ0n) is 15.1. The molecule has 0 saturated carbocycles. The van der Waals surface area contributed by atoms with Crippen molar-refractivity contribution in [3.63, 3.8) is 0 Å². The molecule has 6 nitrogen and oxygen atoms in total. The molecule has 1 N–H and O–H groups in total. The molecule has 0 spiro atoms. The third-order valence-corrected chi connectivity index (χ3v) is 7.39. The van der Waals surface area contributed by atoms with Crippen molar-refractivity contribution in [2.45, 2.75) is 24.2 Å². The van der Waals surface area contributed by atoms with Crippen LogP contribution in [-0.4, -0.2) is 43.2 Å². The van der Waals surface area contributed by atoms with Gasteiger partial charge >= 0.3 is 0 Å². The normalized spacial score (nSPS) is 16.1. The molecule has 0 atom stereocenters. The third-order valence-electron chi connectivity index (χ3n) is 4.77. The molecule has 3 rings (SSSR count). The van der Waals surface area contributed by atoms with Gasteiger partial charge < -0.3 is 5.32 Å². The minimum absolute atomic E-state index is 0.000962. The molecule has 1 fully saturated rings. The number of carbonyl (C=O) groups is 1. The van der Waals surface area contributed by atoms with Crippen molar-refractivity contribution >= 4 is 39.1 Å². The van der Waals surface area contributed by atoms with Gasteiger partial charge in [0.2, 0.25) is 15.9 Å². The number of rotatable bonds is 6. The summed E-state index contributed by atoms with van der Waals surface area (Å²) in [5.41, 5.74) is 1.06. The summed E-state index contributed by atoms with van der Waals surface area (Å²) in [6.07, 6.45) is 5.13. The highest BCUT2D eigenvalue weighted by atomic mass is 35.5. The number of aromatic nitrogens is 1. The van der Waals surface area contributed by atoms with E-state index in [2.05, 4.69) is 10.3 Å². The Morgan fingerprint density at radius 3 is 2.64 bits per heavy atom. The van der Waals surface area contributed by atoms with Crippen LogP contribution in [0.1, 0.15) is 18.4 Å². The Labute approximate surface area is 174 Å². The van der Waals surface area contributed by atoms with Crippen molar-refractivity contribution in [3.05, 3.63) is 58.3 Å². The molecule has 9 heteroatoms. The molecule has 2 heterocycles. The van der Waals surface area contributed by atoms with Crippen LogP contribution in [0.15, 0.2) is 47.6 Å². The number of nitrogens with one attached hydrogen (secondary N) is 1. The van der Waals surface area contributed by atoms with E-state index in [4.69, 9.17) is 23.2 Å². The third kappa shape index (κ3) is 5.03. The molecule has 1 aromatic heterocycles. The van der Waals surface area contributed by atoms with Crippen LogP contribution in [-0.2, 0) is 21.2 Å². The summed E-state index contributed by atoms with van der Waals surface area (Å²) in [7, 11) is -3.74. The van der Waals surface area contributed by atoms with Gasteiger partial charge in [-0.3, -0.25) is 9.78 Å². The predicted octanol–water partition coefficient (Wildman–Crippen LogP) is 3.15. The van der Waals surface area contributed by atoms with Crippen molar-refractivity contribution < 1.29 is 13.2 Å². The summed E-state index contributed by atoms with van der Waals surface area (Å²) in [6.45, 7) is 1.07. The summed E-state index contributed by atoms with van der Waals surface area (Å²) in [5, 5.41) is 3.38. The number of sulfonamides is 1. The van der Waals surface area contributed by atoms with Crippen LogP contribution >= 0.6 is 23.2 Å². The molecule has 1 aliphatic rings. The molecule has 0 aliphatic carbocycles. The maximum atomic E-state index is 12.8. The number of nitrogens with zero attached hydrogens (tertiary/aromatic N) is 2. The maximum absolute atomic E-state index is 12.8. The quantitative estimate of drug-likeness (QED) is 0.746. The van der Waals surface area contributed by atoms with Crippen molar-refractivity contribution in [2.75, 3.05) is 19.6 Å². The molecule has 150 valence electrons. The van der Waals surface area contributed by atoms with E-state index in [0.29, 0.717) is 30.8 Å². The molecule has 0 unspecified atom stereocenters. The summed E-state index contributed by atoms with van der Waals surface area (Å²) >= 11 is 12.0. The highest BCUT2D eigenvalue weighted by Crippen LogP contribution is 2.30. The van der Waals surface area contributed by atoms with Gasteiger partial charge in [-0.15, -0.1) is 0 Å². The van der Waals surface area contributed by atoms with Gasteiger partial charge in [0.25, 0.3) is 0 Å². The van der Waals surface area contributed by atoms with Gasteiger partial charge in [-0.1, -0.05) is 29.3 Å². The molecular weight excluding hydrogens is 421 g/mol. The number of benzene rings is 1. The van der Waals surface area contributed by atoms with Crippen molar-refractivity contribution in [3.8, 4) is 0 Å². The second-order valence-electron chi connectivity index (χ2n) is 6.66. The van der Waals surface area contributed by atoms with E-state index in [1.54, 1.807) is 18.5 Å². The second-order valence-corrected chi connectivity index (χ2v) is 9.41. The summed E-state index contributed by atoms with van der Waals surface area (Å²) < 4.78 is 27.0. The zero-order chi connectivity index (χ0) is 20.1. The number of hydrogen-bond donors (Lipinski definition) is 1. The Kier molecular flexibility index (Phi) is 6.93. The van der Waals surface area contributed by atoms with Gasteiger partial charge in [-0.05, 0) is 49.1 Å². The van der Waals surface area contributed by atoms with Gasteiger partial charge in [-0.25, -0.2) is 8.42 Å². The minimum atomic E-state index is -3.74. The average molecular weight is 442 g/mol. The van der Waals surface area contributed by atoms with E-state index < -0.39 is 10.0 Å². The number of pyridine rings is 1. The molecule has 0 bridgehead atoms. The maximum Gasteiger partial charge on any atom is 0.244 e. The first-order valence-corrected chi connectivity index (χ1v) is 11.2. The lowest BCUT2D eigenvalue weighted by atomic mass is 9.97. The molecule has 0 radical (unpaired) electrons. The number of halogens is 2. The minimum Gasteiger partial charge on any atom is -0.356 e. The van der Waals surface area contributed by atoms with Gasteiger partial charge in [0.05, 0.1) is 5.02 Å². The predicted molar refractivity (Wildman–Crippen MR) is 109 cm³/mol. The number of hydrogen-bond acceptors (Lipinski definition) is 4. The standard InChI is InChI=1S/C19H21Cl2N3O3S/c20-16-3-4-17(21)18(12-16)28(26,27)24-10-6-15(7-11-24)19(25)23-9-5-14-2-1-8-22-13-14/h1-4,8,12-13,15H,5-7,9-11H2,(H,23,25). The van der Waals surface area contributed by atoms with Crippen LogP contribution in [0.3, 0.4) is 0 Å². The first-order valence-electron chi connectivity index (χ1n) is 9.00. The largest absolute Gasteiger partial charge is 0.356 e. The fourth-order valence-corrected chi connectivity index (χ4v) is 5.40. The number of amides is 1. The second kappa shape index (κ2) is 9.22. The molecule has 2 aromatic rings. The van der Waals surface area contributed by atoms with Crippen molar-refractivity contribution in [1.82, 2.24) is 14.6 Å². The van der Waals surface area contributed by atoms with Crippen LogP contribution in [0.25, 0.3) is 0 Å². The van der Waals surface area contributed by atoms with E-state index in [1.165, 1.54) is 16.4 Å². The zero-order valence-corrected chi connectivity index (χ0v) is 17.5. The molecule has 1 aliphatic heterocycles. The van der Waals surface area contributed by atoms with Gasteiger partial charge in [-0.2, -0.15) is 4.31 Å². The summed E-state index contributed by atoms with van der Waals surface area (Å²) in [4.78, 5) is 16.4. The molecule has 28 heavy (non-hydrogen) atoms. The van der Waals surface area contributed by atoms with E-state index in [9.17, 15) is 13.2 Å². The fourth-order valence-electron chi connectivity index (χ4n) is 3.19. The number of carbonyl (C=O) groups excluding carboxylic acids is 1. The molecule has 1 saturated heterocycles. The average Bonchev–Trinajstić information content (AvgIpc) is 2.70. The van der Waals surface area contributed by atoms with Gasteiger partial charge in [0.15, 0.2) is 0 Å². The van der Waals surface area contributed by atoms with E-state index in [1.807, 2.05) is 12.1 Å². The van der Waals surface area contributed by atoms with Crippen LogP contribution in [0.5, 0.6) is 0 Å². The molecular formula is C19H21Cl2N3O3S. The fraction of sp³-hybridized carbons (Fsp3) is 0.368. The lowest BCUT2D eigenvalue weighted by molar-refractivity contribution is -0.126. The SMILES string of the molecule is O=C(NCCc1cccnc1)C1CCN(S(=O)(=O)c2cc(Cl)ccc2Cl)CC1. The Morgan fingerprint density at radius 2 is 1.96 bits per heavy atom. The van der Waals surface area contributed by atoms with Crippen LogP contribution in [0.2, 0.25) is 10.0 Å². The van der Waals surface area contributed by atoms with E-state index in [0.717, 1.165) is 5.56 Å². The lowest BCUT2D eigenvalue weighted by Gasteiger charge is -2.30. The summed E-state index contributed by atoms with van der Waals surface area (Å²) in [5.74, 6) is -0.239.